The third-order valence-electron chi connectivity index (χ3n) is 3.65. The summed E-state index contributed by atoms with van der Waals surface area (Å²) < 4.78 is 0. The number of hydrogen-bond donors (Lipinski definition) is 1. The van der Waals surface area contributed by atoms with Crippen LogP contribution in [0.4, 0.5) is 0 Å². The zero-order chi connectivity index (χ0) is 11.3. The zero-order valence-electron chi connectivity index (χ0n) is 10.0. The molecule has 0 aromatic heterocycles. The molecule has 1 unspecified atom stereocenters. The quantitative estimate of drug-likeness (QED) is 0.623. The number of carbonyl (C=O) groups is 1. The Kier molecular flexibility index (Phi) is 5.13. The highest BCUT2D eigenvalue weighted by atomic mass is 16.4. The molecule has 0 spiro atoms. The third kappa shape index (κ3) is 4.23. The SMILES string of the molecule is CCCCCCCC(C)[C@@H]1C[C@H]1C(=O)O. The summed E-state index contributed by atoms with van der Waals surface area (Å²) in [4.78, 5) is 10.7. The topological polar surface area (TPSA) is 37.3 Å². The van der Waals surface area contributed by atoms with Gasteiger partial charge in [-0.15, -0.1) is 0 Å². The molecule has 15 heavy (non-hydrogen) atoms. The Hall–Kier alpha value is -0.530. The van der Waals surface area contributed by atoms with E-state index in [1.54, 1.807) is 0 Å². The van der Waals surface area contributed by atoms with E-state index in [0.717, 1.165) is 6.42 Å². The molecule has 1 N–H and O–H groups in total. The van der Waals surface area contributed by atoms with Gasteiger partial charge in [0.25, 0.3) is 0 Å². The van der Waals surface area contributed by atoms with E-state index in [1.807, 2.05) is 0 Å². The Morgan fingerprint density at radius 2 is 2.00 bits per heavy atom. The first-order valence-corrected chi connectivity index (χ1v) is 6.39. The lowest BCUT2D eigenvalue weighted by atomic mass is 9.96. The maximum absolute atomic E-state index is 10.7. The fraction of sp³-hybridized carbons (Fsp3) is 0.923. The van der Waals surface area contributed by atoms with E-state index in [2.05, 4.69) is 13.8 Å². The van der Waals surface area contributed by atoms with Gasteiger partial charge in [-0.05, 0) is 18.3 Å². The molecule has 2 heteroatoms. The van der Waals surface area contributed by atoms with Crippen LogP contribution in [-0.4, -0.2) is 11.1 Å². The van der Waals surface area contributed by atoms with Crippen LogP contribution in [0.5, 0.6) is 0 Å². The number of hydrogen-bond acceptors (Lipinski definition) is 1. The average molecular weight is 212 g/mol. The van der Waals surface area contributed by atoms with Gasteiger partial charge < -0.3 is 5.11 Å². The second-order valence-electron chi connectivity index (χ2n) is 5.02. The highest BCUT2D eigenvalue weighted by Gasteiger charge is 2.45. The van der Waals surface area contributed by atoms with Crippen molar-refractivity contribution in [3.8, 4) is 0 Å². The number of aliphatic carboxylic acids is 1. The molecule has 3 atom stereocenters. The molecule has 0 heterocycles. The summed E-state index contributed by atoms with van der Waals surface area (Å²) in [6, 6.07) is 0. The first-order chi connectivity index (χ1) is 7.16. The first-order valence-electron chi connectivity index (χ1n) is 6.39. The van der Waals surface area contributed by atoms with Crippen molar-refractivity contribution in [3.63, 3.8) is 0 Å². The Balaban J connectivity index is 2.00. The van der Waals surface area contributed by atoms with Crippen LogP contribution >= 0.6 is 0 Å². The summed E-state index contributed by atoms with van der Waals surface area (Å²) in [5.74, 6) is 0.495. The van der Waals surface area contributed by atoms with E-state index in [0.29, 0.717) is 11.8 Å². The molecule has 0 saturated heterocycles. The minimum Gasteiger partial charge on any atom is -0.481 e. The van der Waals surface area contributed by atoms with Crippen molar-refractivity contribution >= 4 is 5.97 Å². The molecule has 88 valence electrons. The smallest absolute Gasteiger partial charge is 0.306 e. The minimum atomic E-state index is -0.585. The van der Waals surface area contributed by atoms with E-state index in [1.165, 1.54) is 38.5 Å². The fourth-order valence-electron chi connectivity index (χ4n) is 2.41. The molecule has 0 amide bonds. The molecule has 1 rings (SSSR count). The lowest BCUT2D eigenvalue weighted by Crippen LogP contribution is -2.05. The third-order valence-corrected chi connectivity index (χ3v) is 3.65. The van der Waals surface area contributed by atoms with Gasteiger partial charge in [0.1, 0.15) is 0 Å². The maximum atomic E-state index is 10.7. The summed E-state index contributed by atoms with van der Waals surface area (Å²) in [5.41, 5.74) is 0. The number of carboxylic acids is 1. The van der Waals surface area contributed by atoms with Crippen LogP contribution in [-0.2, 0) is 4.79 Å². The standard InChI is InChI=1S/C13H24O2/c1-3-4-5-6-7-8-10(2)11-9-12(11)13(14)15/h10-12H,3-9H2,1-2H3,(H,14,15)/t10?,11-,12+/m0/s1. The lowest BCUT2D eigenvalue weighted by Gasteiger charge is -2.09. The van der Waals surface area contributed by atoms with Crippen molar-refractivity contribution in [1.82, 2.24) is 0 Å². The summed E-state index contributed by atoms with van der Waals surface area (Å²) in [6.07, 6.45) is 8.72. The molecular formula is C13H24O2. The van der Waals surface area contributed by atoms with E-state index in [9.17, 15) is 4.79 Å². The van der Waals surface area contributed by atoms with E-state index < -0.39 is 5.97 Å². The van der Waals surface area contributed by atoms with Crippen LogP contribution in [0.2, 0.25) is 0 Å². The molecule has 1 aliphatic carbocycles. The van der Waals surface area contributed by atoms with Crippen LogP contribution in [0.25, 0.3) is 0 Å². The fourth-order valence-corrected chi connectivity index (χ4v) is 2.41. The predicted molar refractivity (Wildman–Crippen MR) is 61.8 cm³/mol. The Morgan fingerprint density at radius 3 is 2.53 bits per heavy atom. The molecule has 0 aromatic rings. The Labute approximate surface area is 93.1 Å². The summed E-state index contributed by atoms with van der Waals surface area (Å²) in [6.45, 7) is 4.44. The molecule has 1 saturated carbocycles. The predicted octanol–water partition coefficient (Wildman–Crippen LogP) is 3.70. The summed E-state index contributed by atoms with van der Waals surface area (Å²) >= 11 is 0. The number of carboxylic acid groups (broad SMARTS) is 1. The van der Waals surface area contributed by atoms with Gasteiger partial charge in [-0.25, -0.2) is 0 Å². The van der Waals surface area contributed by atoms with Crippen LogP contribution in [0.15, 0.2) is 0 Å². The van der Waals surface area contributed by atoms with Gasteiger partial charge in [0.2, 0.25) is 0 Å². The number of rotatable bonds is 8. The largest absolute Gasteiger partial charge is 0.481 e. The van der Waals surface area contributed by atoms with Gasteiger partial charge >= 0.3 is 5.97 Å². The monoisotopic (exact) mass is 212 g/mol. The van der Waals surface area contributed by atoms with Crippen molar-refractivity contribution < 1.29 is 9.90 Å². The summed E-state index contributed by atoms with van der Waals surface area (Å²) in [7, 11) is 0. The van der Waals surface area contributed by atoms with Gasteiger partial charge in [0, 0.05) is 0 Å². The zero-order valence-corrected chi connectivity index (χ0v) is 10.0. The van der Waals surface area contributed by atoms with Gasteiger partial charge in [0.15, 0.2) is 0 Å². The van der Waals surface area contributed by atoms with Gasteiger partial charge in [0.05, 0.1) is 5.92 Å². The second kappa shape index (κ2) is 6.14. The molecule has 0 aromatic carbocycles. The van der Waals surface area contributed by atoms with Crippen LogP contribution < -0.4 is 0 Å². The first kappa shape index (κ1) is 12.5. The maximum Gasteiger partial charge on any atom is 0.306 e. The Bertz CT molecular complexity index is 201. The van der Waals surface area contributed by atoms with Crippen molar-refractivity contribution in [2.24, 2.45) is 17.8 Å². The normalized spacial score (nSPS) is 26.3. The highest BCUT2D eigenvalue weighted by molar-refractivity contribution is 5.73. The van der Waals surface area contributed by atoms with Crippen molar-refractivity contribution in [3.05, 3.63) is 0 Å². The van der Waals surface area contributed by atoms with Gasteiger partial charge in [-0.2, -0.15) is 0 Å². The average Bonchev–Trinajstić information content (AvgIpc) is 2.96. The minimum absolute atomic E-state index is 0.0179. The molecule has 1 aliphatic rings. The molecule has 2 nitrogen and oxygen atoms in total. The van der Waals surface area contributed by atoms with E-state index in [4.69, 9.17) is 5.11 Å². The van der Waals surface area contributed by atoms with E-state index >= 15 is 0 Å². The number of unbranched alkanes of at least 4 members (excludes halogenated alkanes) is 4. The van der Waals surface area contributed by atoms with Crippen molar-refractivity contribution in [1.29, 1.82) is 0 Å². The van der Waals surface area contributed by atoms with Crippen LogP contribution in [0.1, 0.15) is 58.8 Å². The second-order valence-corrected chi connectivity index (χ2v) is 5.02. The van der Waals surface area contributed by atoms with E-state index in [-0.39, 0.29) is 5.92 Å². The van der Waals surface area contributed by atoms with Crippen molar-refractivity contribution in [2.45, 2.75) is 58.8 Å². The molecule has 0 radical (unpaired) electrons. The molecule has 1 fully saturated rings. The summed E-state index contributed by atoms with van der Waals surface area (Å²) in [5, 5.41) is 8.81. The van der Waals surface area contributed by atoms with Crippen LogP contribution in [0.3, 0.4) is 0 Å². The molecular weight excluding hydrogens is 188 g/mol. The Morgan fingerprint density at radius 1 is 1.33 bits per heavy atom. The van der Waals surface area contributed by atoms with Crippen molar-refractivity contribution in [2.75, 3.05) is 0 Å². The van der Waals surface area contributed by atoms with Gasteiger partial charge in [-0.1, -0.05) is 52.4 Å². The van der Waals surface area contributed by atoms with Gasteiger partial charge in [-0.3, -0.25) is 4.79 Å². The molecule has 0 aliphatic heterocycles. The van der Waals surface area contributed by atoms with Crippen LogP contribution in [0, 0.1) is 17.8 Å². The molecule has 0 bridgehead atoms. The lowest BCUT2D eigenvalue weighted by molar-refractivity contribution is -0.139. The highest BCUT2D eigenvalue weighted by Crippen LogP contribution is 2.45.